The van der Waals surface area contributed by atoms with Crippen LogP contribution >= 0.6 is 0 Å². The number of anilines is 1. The molecule has 0 spiro atoms. The van der Waals surface area contributed by atoms with Crippen LogP contribution in [0.15, 0.2) is 60.7 Å². The second-order valence-electron chi connectivity index (χ2n) is 8.81. The predicted molar refractivity (Wildman–Crippen MR) is 140 cm³/mol. The quantitative estimate of drug-likeness (QED) is 0.498. The summed E-state index contributed by atoms with van der Waals surface area (Å²) in [6, 6.07) is 18.6. The summed E-state index contributed by atoms with van der Waals surface area (Å²) < 4.78 is 33.9. The van der Waals surface area contributed by atoms with Crippen molar-refractivity contribution >= 4 is 32.6 Å². The van der Waals surface area contributed by atoms with E-state index in [1.165, 1.54) is 11.2 Å². The smallest absolute Gasteiger partial charge is 0.321 e. The van der Waals surface area contributed by atoms with Crippen molar-refractivity contribution in [2.45, 2.75) is 25.9 Å². The Balaban J connectivity index is 1.41. The first kappa shape index (κ1) is 25.5. The van der Waals surface area contributed by atoms with Crippen molar-refractivity contribution in [1.29, 1.82) is 0 Å². The van der Waals surface area contributed by atoms with Crippen LogP contribution in [0.25, 0.3) is 10.8 Å². The van der Waals surface area contributed by atoms with E-state index in [0.717, 1.165) is 33.3 Å². The highest BCUT2D eigenvalue weighted by Crippen LogP contribution is 2.23. The van der Waals surface area contributed by atoms with Crippen LogP contribution in [0.4, 0.5) is 5.69 Å². The zero-order valence-electron chi connectivity index (χ0n) is 20.4. The molecule has 1 aliphatic heterocycles. The highest BCUT2D eigenvalue weighted by molar-refractivity contribution is 7.87. The van der Waals surface area contributed by atoms with Gasteiger partial charge in [0.05, 0.1) is 7.11 Å². The van der Waals surface area contributed by atoms with E-state index in [0.29, 0.717) is 6.54 Å². The molecule has 1 heterocycles. The molecular formula is C27H29N3O5S. The minimum Gasteiger partial charge on any atom is -0.497 e. The average Bonchev–Trinajstić information content (AvgIpc) is 2.87. The Bertz CT molecular complexity index is 1430. The third-order valence-corrected chi connectivity index (χ3v) is 7.89. The molecule has 36 heavy (non-hydrogen) atoms. The molecule has 8 nitrogen and oxygen atoms in total. The number of carboxylic acid groups (broad SMARTS) is 1. The van der Waals surface area contributed by atoms with Crippen LogP contribution in [-0.4, -0.2) is 62.6 Å². The fourth-order valence-corrected chi connectivity index (χ4v) is 5.61. The molecule has 2 atom stereocenters. The van der Waals surface area contributed by atoms with Crippen LogP contribution in [0.5, 0.6) is 5.75 Å². The predicted octanol–water partition coefficient (Wildman–Crippen LogP) is 3.07. The van der Waals surface area contributed by atoms with Gasteiger partial charge < -0.3 is 14.7 Å². The number of methoxy groups -OCH3 is 1. The van der Waals surface area contributed by atoms with Gasteiger partial charge in [0.25, 0.3) is 10.2 Å². The summed E-state index contributed by atoms with van der Waals surface area (Å²) in [4.78, 5) is 13.2. The van der Waals surface area contributed by atoms with E-state index < -0.39 is 22.2 Å². The number of fused-ring (bicyclic) bond motifs is 1. The van der Waals surface area contributed by atoms with E-state index in [2.05, 4.69) is 27.5 Å². The SMILES string of the molecule is COc1ccc2cc(C#Cc3ccc(N4CCN(S(=O)(=O)N[C@H](C)C(=O)O)C[C@@H]4C)cc3)ccc2c1. The monoisotopic (exact) mass is 507 g/mol. The number of ether oxygens (including phenoxy) is 1. The van der Waals surface area contributed by atoms with Gasteiger partial charge in [0, 0.05) is 42.5 Å². The number of benzene rings is 3. The molecule has 4 rings (SSSR count). The summed E-state index contributed by atoms with van der Waals surface area (Å²) in [6.45, 7) is 4.28. The van der Waals surface area contributed by atoms with Crippen molar-refractivity contribution in [3.63, 3.8) is 0 Å². The van der Waals surface area contributed by atoms with Crippen LogP contribution in [0.2, 0.25) is 0 Å². The van der Waals surface area contributed by atoms with Crippen LogP contribution in [0.3, 0.4) is 0 Å². The maximum Gasteiger partial charge on any atom is 0.321 e. The standard InChI is InChI=1S/C27H29N3O5S/c1-19-18-29(36(33,34)28-20(2)27(31)32)14-15-30(19)25-11-7-21(8-12-25)4-5-22-6-9-24-17-26(35-3)13-10-23(24)16-22/h6-13,16-17,19-20,28H,14-15,18H2,1-3H3,(H,31,32)/t19-,20+/m0/s1. The minimum atomic E-state index is -3.87. The van der Waals surface area contributed by atoms with Gasteiger partial charge in [-0.1, -0.05) is 24.0 Å². The van der Waals surface area contributed by atoms with Gasteiger partial charge >= 0.3 is 5.97 Å². The van der Waals surface area contributed by atoms with Crippen molar-refractivity contribution in [1.82, 2.24) is 9.03 Å². The van der Waals surface area contributed by atoms with Crippen molar-refractivity contribution in [2.24, 2.45) is 0 Å². The Morgan fingerprint density at radius 2 is 1.67 bits per heavy atom. The lowest BCUT2D eigenvalue weighted by Gasteiger charge is -2.40. The van der Waals surface area contributed by atoms with Crippen molar-refractivity contribution in [2.75, 3.05) is 31.6 Å². The molecular weight excluding hydrogens is 478 g/mol. The molecule has 1 fully saturated rings. The summed E-state index contributed by atoms with van der Waals surface area (Å²) >= 11 is 0. The molecule has 0 saturated carbocycles. The number of carboxylic acids is 1. The molecule has 0 unspecified atom stereocenters. The maximum absolute atomic E-state index is 12.5. The number of nitrogens with zero attached hydrogens (tertiary/aromatic N) is 2. The highest BCUT2D eigenvalue weighted by Gasteiger charge is 2.33. The zero-order chi connectivity index (χ0) is 25.9. The summed E-state index contributed by atoms with van der Waals surface area (Å²) in [6.07, 6.45) is 0. The third kappa shape index (κ3) is 5.79. The van der Waals surface area contributed by atoms with Crippen molar-refractivity contribution < 1.29 is 23.1 Å². The van der Waals surface area contributed by atoms with Crippen LogP contribution in [0, 0.1) is 11.8 Å². The number of hydrogen-bond acceptors (Lipinski definition) is 5. The van der Waals surface area contributed by atoms with Gasteiger partial charge in [-0.25, -0.2) is 0 Å². The van der Waals surface area contributed by atoms with Gasteiger partial charge in [-0.05, 0) is 73.2 Å². The van der Waals surface area contributed by atoms with Crippen molar-refractivity contribution in [3.05, 3.63) is 71.8 Å². The first-order valence-electron chi connectivity index (χ1n) is 11.6. The summed E-state index contributed by atoms with van der Waals surface area (Å²) in [7, 11) is -2.22. The fraction of sp³-hybridized carbons (Fsp3) is 0.296. The molecule has 1 saturated heterocycles. The Morgan fingerprint density at radius 1 is 1.03 bits per heavy atom. The lowest BCUT2D eigenvalue weighted by Crippen LogP contribution is -2.57. The number of piperazine rings is 1. The molecule has 0 aromatic heterocycles. The Morgan fingerprint density at radius 3 is 2.33 bits per heavy atom. The second kappa shape index (κ2) is 10.6. The highest BCUT2D eigenvalue weighted by atomic mass is 32.2. The maximum atomic E-state index is 12.5. The second-order valence-corrected chi connectivity index (χ2v) is 10.5. The summed E-state index contributed by atoms with van der Waals surface area (Å²) in [5.41, 5.74) is 2.79. The van der Waals surface area contributed by atoms with E-state index in [1.54, 1.807) is 7.11 Å². The molecule has 188 valence electrons. The molecule has 0 amide bonds. The Hall–Kier alpha value is -3.58. The van der Waals surface area contributed by atoms with Gasteiger partial charge in [-0.15, -0.1) is 0 Å². The first-order valence-corrected chi connectivity index (χ1v) is 13.1. The lowest BCUT2D eigenvalue weighted by molar-refractivity contribution is -0.138. The van der Waals surface area contributed by atoms with Crippen LogP contribution < -0.4 is 14.4 Å². The van der Waals surface area contributed by atoms with Gasteiger partial charge in [-0.3, -0.25) is 4.79 Å². The Labute approximate surface area is 211 Å². The number of nitrogens with one attached hydrogen (secondary N) is 1. The zero-order valence-corrected chi connectivity index (χ0v) is 21.2. The number of carbonyl (C=O) groups is 1. The van der Waals surface area contributed by atoms with E-state index in [9.17, 15) is 13.2 Å². The van der Waals surface area contributed by atoms with Crippen LogP contribution in [0.1, 0.15) is 25.0 Å². The van der Waals surface area contributed by atoms with Crippen molar-refractivity contribution in [3.8, 4) is 17.6 Å². The van der Waals surface area contributed by atoms with E-state index in [1.807, 2.05) is 61.5 Å². The third-order valence-electron chi connectivity index (χ3n) is 6.22. The van der Waals surface area contributed by atoms with Gasteiger partial charge in [0.15, 0.2) is 0 Å². The molecule has 3 aromatic carbocycles. The van der Waals surface area contributed by atoms with Gasteiger partial charge in [0.2, 0.25) is 0 Å². The molecule has 9 heteroatoms. The molecule has 0 radical (unpaired) electrons. The summed E-state index contributed by atoms with van der Waals surface area (Å²) in [5.74, 6) is 6.03. The fourth-order valence-electron chi connectivity index (χ4n) is 4.18. The van der Waals surface area contributed by atoms with Gasteiger partial charge in [0.1, 0.15) is 11.8 Å². The largest absolute Gasteiger partial charge is 0.497 e. The molecule has 0 aliphatic carbocycles. The van der Waals surface area contributed by atoms with E-state index in [4.69, 9.17) is 9.84 Å². The lowest BCUT2D eigenvalue weighted by atomic mass is 10.1. The summed E-state index contributed by atoms with van der Waals surface area (Å²) in [5, 5.41) is 11.2. The van der Waals surface area contributed by atoms with Crippen LogP contribution in [-0.2, 0) is 15.0 Å². The van der Waals surface area contributed by atoms with Gasteiger partial charge in [-0.2, -0.15) is 17.4 Å². The molecule has 3 aromatic rings. The molecule has 0 bridgehead atoms. The number of rotatable bonds is 6. The average molecular weight is 508 g/mol. The topological polar surface area (TPSA) is 99.2 Å². The van der Waals surface area contributed by atoms with E-state index in [-0.39, 0.29) is 19.1 Å². The number of aliphatic carboxylic acids is 1. The Kier molecular flexibility index (Phi) is 7.50. The minimum absolute atomic E-state index is 0.0800. The molecule has 2 N–H and O–H groups in total. The normalized spacial score (nSPS) is 17.3. The molecule has 1 aliphatic rings. The van der Waals surface area contributed by atoms with E-state index >= 15 is 0 Å². The first-order chi connectivity index (χ1) is 17.2. The number of hydrogen-bond donors (Lipinski definition) is 2.